The normalized spacial score (nSPS) is 11.3. The summed E-state index contributed by atoms with van der Waals surface area (Å²) < 4.78 is 79.3. The van der Waals surface area contributed by atoms with Crippen LogP contribution >= 0.6 is 0 Å². The average molecular weight is 456 g/mol. The molecule has 1 aromatic carbocycles. The van der Waals surface area contributed by atoms with Gasteiger partial charge in [0.2, 0.25) is 6.17 Å². The van der Waals surface area contributed by atoms with E-state index in [1.807, 2.05) is 36.4 Å². The molecule has 0 amide bonds. The minimum absolute atomic E-state index is 0.0465. The van der Waals surface area contributed by atoms with Crippen molar-refractivity contribution in [1.82, 2.24) is 0 Å². The Kier molecular flexibility index (Phi) is 15.3. The highest BCUT2D eigenvalue weighted by Gasteiger charge is 2.49. The number of halogens is 6. The lowest BCUT2D eigenvalue weighted by atomic mass is 10.2. The quantitative estimate of drug-likeness (QED) is 0.351. The molecule has 5 nitrogen and oxygen atoms in total. The van der Waals surface area contributed by atoms with Crippen molar-refractivity contribution in [3.8, 4) is 0 Å². The van der Waals surface area contributed by atoms with Crippen LogP contribution in [0, 0.1) is 0 Å². The maximum atomic E-state index is 12.4. The van der Waals surface area contributed by atoms with E-state index in [-0.39, 0.29) is 19.3 Å². The van der Waals surface area contributed by atoms with Crippen LogP contribution in [-0.2, 0) is 19.1 Å². The zero-order valence-electron chi connectivity index (χ0n) is 16.3. The van der Waals surface area contributed by atoms with Crippen molar-refractivity contribution >= 4 is 18.0 Å². The molecule has 11 heteroatoms. The first-order chi connectivity index (χ1) is 14.3. The third-order valence-electron chi connectivity index (χ3n) is 2.72. The zero-order chi connectivity index (χ0) is 24.5. The number of carbonyl (C=O) groups excluding carboxylic acids is 2. The Hall–Kier alpha value is -3.08. The van der Waals surface area contributed by atoms with E-state index in [0.29, 0.717) is 0 Å². The molecule has 1 N–H and O–H groups in total. The van der Waals surface area contributed by atoms with Crippen molar-refractivity contribution in [1.29, 1.82) is 0 Å². The van der Waals surface area contributed by atoms with Crippen molar-refractivity contribution in [2.75, 3.05) is 13.2 Å². The van der Waals surface area contributed by atoms with Crippen LogP contribution in [0.4, 0.5) is 26.3 Å². The second-order valence-corrected chi connectivity index (χ2v) is 5.18. The molecule has 0 aliphatic heterocycles. The van der Waals surface area contributed by atoms with E-state index in [0.717, 1.165) is 6.08 Å². The third kappa shape index (κ3) is 17.5. The van der Waals surface area contributed by atoms with E-state index in [2.05, 4.69) is 29.2 Å². The molecule has 0 saturated heterocycles. The van der Waals surface area contributed by atoms with Crippen LogP contribution in [0.25, 0.3) is 6.08 Å². The third-order valence-corrected chi connectivity index (χ3v) is 2.72. The Morgan fingerprint density at radius 1 is 1.00 bits per heavy atom. The van der Waals surface area contributed by atoms with Gasteiger partial charge in [0.25, 0.3) is 0 Å². The van der Waals surface area contributed by atoms with Crippen molar-refractivity contribution in [2.24, 2.45) is 0 Å². The van der Waals surface area contributed by atoms with Crippen LogP contribution in [0.2, 0.25) is 0 Å². The standard InChI is InChI=1S/C8H8.C7H6F6O2.C5H8O3/c1-2-8-6-4-3-5-7-8;1-2-5(14)15-7(12,13)4(8)3-6(9,10)11;1-2-5(7)8-4-3-6/h2-7H,1H2;2,4H,1,3H2;2,6H,1,3-4H2. The van der Waals surface area contributed by atoms with E-state index in [1.165, 1.54) is 5.56 Å². The van der Waals surface area contributed by atoms with Gasteiger partial charge in [0, 0.05) is 12.2 Å². The first-order valence-electron chi connectivity index (χ1n) is 8.34. The van der Waals surface area contributed by atoms with Crippen LogP contribution in [0.15, 0.2) is 62.2 Å². The number of aliphatic hydroxyl groups excluding tert-OH is 1. The average Bonchev–Trinajstić information content (AvgIpc) is 2.71. The lowest BCUT2D eigenvalue weighted by Crippen LogP contribution is -2.38. The SMILES string of the molecule is C=CC(=O)OC(F)(F)C(F)CC(F)(F)F.C=CC(=O)OCCO.C=Cc1ccccc1. The maximum absolute atomic E-state index is 12.4. The zero-order valence-corrected chi connectivity index (χ0v) is 16.3. The number of esters is 2. The number of benzene rings is 1. The van der Waals surface area contributed by atoms with E-state index < -0.39 is 36.8 Å². The van der Waals surface area contributed by atoms with Gasteiger partial charge in [-0.15, -0.1) is 0 Å². The summed E-state index contributed by atoms with van der Waals surface area (Å²) in [7, 11) is 0. The topological polar surface area (TPSA) is 72.8 Å². The van der Waals surface area contributed by atoms with Gasteiger partial charge in [0.1, 0.15) is 6.61 Å². The predicted octanol–water partition coefficient (Wildman–Crippen LogP) is 4.64. The van der Waals surface area contributed by atoms with Crippen molar-refractivity contribution in [3.05, 3.63) is 67.8 Å². The minimum Gasteiger partial charge on any atom is -0.460 e. The molecular weight excluding hydrogens is 434 g/mol. The second-order valence-electron chi connectivity index (χ2n) is 5.18. The fourth-order valence-electron chi connectivity index (χ4n) is 1.36. The molecule has 174 valence electrons. The fraction of sp³-hybridized carbons (Fsp3) is 0.300. The van der Waals surface area contributed by atoms with Crippen molar-refractivity contribution < 1.29 is 50.5 Å². The lowest BCUT2D eigenvalue weighted by Gasteiger charge is -2.20. The van der Waals surface area contributed by atoms with Crippen molar-refractivity contribution in [2.45, 2.75) is 24.9 Å². The molecule has 0 fully saturated rings. The van der Waals surface area contributed by atoms with Gasteiger partial charge >= 0.3 is 24.2 Å². The minimum atomic E-state index is -5.11. The molecule has 0 aliphatic carbocycles. The van der Waals surface area contributed by atoms with Gasteiger partial charge in [-0.25, -0.2) is 14.0 Å². The highest BCUT2D eigenvalue weighted by atomic mass is 19.4. The van der Waals surface area contributed by atoms with Gasteiger partial charge in [0.15, 0.2) is 0 Å². The summed E-state index contributed by atoms with van der Waals surface area (Å²) in [4.78, 5) is 20.3. The van der Waals surface area contributed by atoms with E-state index in [4.69, 9.17) is 5.11 Å². The molecule has 1 rings (SSSR count). The van der Waals surface area contributed by atoms with Crippen molar-refractivity contribution in [3.63, 3.8) is 0 Å². The number of hydrogen-bond acceptors (Lipinski definition) is 5. The van der Waals surface area contributed by atoms with Crippen LogP contribution in [0.3, 0.4) is 0 Å². The first kappa shape index (κ1) is 30.1. The number of carbonyl (C=O) groups is 2. The van der Waals surface area contributed by atoms with Crippen LogP contribution in [0.5, 0.6) is 0 Å². The number of rotatable bonds is 8. The van der Waals surface area contributed by atoms with Crippen LogP contribution in [0.1, 0.15) is 12.0 Å². The molecule has 0 heterocycles. The molecule has 0 saturated carbocycles. The largest absolute Gasteiger partial charge is 0.460 e. The Morgan fingerprint density at radius 2 is 1.52 bits per heavy atom. The van der Waals surface area contributed by atoms with E-state index >= 15 is 0 Å². The molecule has 1 unspecified atom stereocenters. The smallest absolute Gasteiger partial charge is 0.432 e. The molecule has 0 aliphatic rings. The van der Waals surface area contributed by atoms with Crippen LogP contribution in [-0.4, -0.2) is 48.7 Å². The number of alkyl halides is 6. The van der Waals surface area contributed by atoms with Gasteiger partial charge in [-0.1, -0.05) is 56.1 Å². The predicted molar refractivity (Wildman–Crippen MR) is 102 cm³/mol. The summed E-state index contributed by atoms with van der Waals surface area (Å²) in [5.74, 6) is -2.20. The van der Waals surface area contributed by atoms with Gasteiger partial charge in [0.05, 0.1) is 13.0 Å². The Bertz CT molecular complexity index is 689. The first-order valence-corrected chi connectivity index (χ1v) is 8.34. The molecule has 31 heavy (non-hydrogen) atoms. The van der Waals surface area contributed by atoms with Gasteiger partial charge in [-0.3, -0.25) is 0 Å². The maximum Gasteiger partial charge on any atom is 0.432 e. The Morgan fingerprint density at radius 3 is 1.87 bits per heavy atom. The number of aliphatic hydroxyl groups is 1. The summed E-state index contributed by atoms with van der Waals surface area (Å²) in [6.07, 6.45) is -12.8. The summed E-state index contributed by atoms with van der Waals surface area (Å²) in [5, 5.41) is 8.10. The summed E-state index contributed by atoms with van der Waals surface area (Å²) in [5.41, 5.74) is 1.17. The van der Waals surface area contributed by atoms with E-state index in [1.54, 1.807) is 0 Å². The fourth-order valence-corrected chi connectivity index (χ4v) is 1.36. The van der Waals surface area contributed by atoms with Gasteiger partial charge in [-0.05, 0) is 5.56 Å². The monoisotopic (exact) mass is 456 g/mol. The molecule has 1 atom stereocenters. The summed E-state index contributed by atoms with van der Waals surface area (Å²) in [6.45, 7) is 9.42. The molecule has 0 radical (unpaired) electrons. The lowest BCUT2D eigenvalue weighted by molar-refractivity contribution is -0.274. The molecule has 0 bridgehead atoms. The molecular formula is C20H22F6O5. The number of ether oxygens (including phenoxy) is 2. The summed E-state index contributed by atoms with van der Waals surface area (Å²) in [6, 6.07) is 10.0. The number of hydrogen-bond donors (Lipinski definition) is 1. The van der Waals surface area contributed by atoms with Gasteiger partial charge in [-0.2, -0.15) is 22.0 Å². The molecule has 0 aromatic heterocycles. The molecule has 1 aromatic rings. The second kappa shape index (κ2) is 15.7. The molecule has 0 spiro atoms. The van der Waals surface area contributed by atoms with Gasteiger partial charge < -0.3 is 14.6 Å². The Balaban J connectivity index is 0. The highest BCUT2D eigenvalue weighted by molar-refractivity contribution is 5.81. The van der Waals surface area contributed by atoms with Crippen LogP contribution < -0.4 is 0 Å². The Labute approximate surface area is 175 Å². The van der Waals surface area contributed by atoms with E-state index in [9.17, 15) is 35.9 Å². The summed E-state index contributed by atoms with van der Waals surface area (Å²) >= 11 is 0. The highest BCUT2D eigenvalue weighted by Crippen LogP contribution is 2.32.